The minimum Gasteiger partial charge on any atom is -0.480 e. The van der Waals surface area contributed by atoms with Gasteiger partial charge >= 0.3 is 5.97 Å². The molecule has 1 saturated carbocycles. The number of carboxylic acid groups (broad SMARTS) is 1. The molecule has 0 heterocycles. The Morgan fingerprint density at radius 2 is 1.79 bits per heavy atom. The van der Waals surface area contributed by atoms with Gasteiger partial charge in [-0.05, 0) is 44.4 Å². The molecule has 102 valence electrons. The van der Waals surface area contributed by atoms with E-state index in [2.05, 4.69) is 21.2 Å². The Morgan fingerprint density at radius 1 is 1.26 bits per heavy atom. The van der Waals surface area contributed by atoms with Crippen LogP contribution in [0.4, 0.5) is 0 Å². The van der Waals surface area contributed by atoms with Crippen molar-refractivity contribution in [2.75, 3.05) is 0 Å². The van der Waals surface area contributed by atoms with Crippen LogP contribution >= 0.6 is 15.9 Å². The van der Waals surface area contributed by atoms with Gasteiger partial charge in [-0.1, -0.05) is 28.1 Å². The molecule has 0 unspecified atom stereocenters. The monoisotopic (exact) mass is 325 g/mol. The van der Waals surface area contributed by atoms with E-state index in [0.29, 0.717) is 0 Å². The van der Waals surface area contributed by atoms with Crippen LogP contribution in [0.25, 0.3) is 0 Å². The standard InChI is InChI=1S/C14H16BrNO3/c1-13(2,12(18)19)16-11(17)14(7-8-14)9-3-5-10(15)6-4-9/h3-6H,7-8H2,1-2H3,(H,16,17)(H,18,19). The lowest BCUT2D eigenvalue weighted by Gasteiger charge is -2.25. The lowest BCUT2D eigenvalue weighted by molar-refractivity contribution is -0.146. The first-order valence-corrected chi connectivity index (χ1v) is 6.89. The zero-order valence-corrected chi connectivity index (χ0v) is 12.5. The van der Waals surface area contributed by atoms with E-state index in [1.807, 2.05) is 24.3 Å². The predicted octanol–water partition coefficient (Wildman–Crippen LogP) is 2.46. The first-order chi connectivity index (χ1) is 8.78. The lowest BCUT2D eigenvalue weighted by Crippen LogP contribution is -2.52. The molecule has 1 aromatic carbocycles. The van der Waals surface area contributed by atoms with Crippen LogP contribution in [-0.2, 0) is 15.0 Å². The number of rotatable bonds is 4. The molecule has 19 heavy (non-hydrogen) atoms. The van der Waals surface area contributed by atoms with Crippen molar-refractivity contribution >= 4 is 27.8 Å². The second-order valence-corrected chi connectivity index (χ2v) is 6.39. The third-order valence-electron chi connectivity index (χ3n) is 3.54. The number of carbonyl (C=O) groups is 2. The molecule has 0 aromatic heterocycles. The topological polar surface area (TPSA) is 66.4 Å². The zero-order valence-electron chi connectivity index (χ0n) is 10.9. The first kappa shape index (κ1) is 14.1. The maximum Gasteiger partial charge on any atom is 0.328 e. The van der Waals surface area contributed by atoms with E-state index in [4.69, 9.17) is 5.11 Å². The summed E-state index contributed by atoms with van der Waals surface area (Å²) in [6.45, 7) is 2.98. The molecule has 1 amide bonds. The molecule has 0 saturated heterocycles. The maximum absolute atomic E-state index is 12.3. The molecule has 0 atom stereocenters. The van der Waals surface area contributed by atoms with Crippen LogP contribution in [0, 0.1) is 0 Å². The summed E-state index contributed by atoms with van der Waals surface area (Å²) in [6.07, 6.45) is 1.52. The van der Waals surface area contributed by atoms with Crippen LogP contribution in [-0.4, -0.2) is 22.5 Å². The molecular formula is C14H16BrNO3. The van der Waals surface area contributed by atoms with Crippen molar-refractivity contribution in [1.29, 1.82) is 0 Å². The SMILES string of the molecule is CC(C)(NC(=O)C1(c2ccc(Br)cc2)CC1)C(=O)O. The van der Waals surface area contributed by atoms with Crippen molar-refractivity contribution in [3.05, 3.63) is 34.3 Å². The molecule has 0 spiro atoms. The minimum atomic E-state index is -1.25. The van der Waals surface area contributed by atoms with E-state index in [0.717, 1.165) is 22.9 Å². The highest BCUT2D eigenvalue weighted by Crippen LogP contribution is 2.48. The number of hydrogen-bond donors (Lipinski definition) is 2. The number of halogens is 1. The number of carbonyl (C=O) groups excluding carboxylic acids is 1. The summed E-state index contributed by atoms with van der Waals surface area (Å²) in [5, 5.41) is 11.7. The van der Waals surface area contributed by atoms with Crippen LogP contribution in [0.5, 0.6) is 0 Å². The summed E-state index contributed by atoms with van der Waals surface area (Å²) in [6, 6.07) is 7.60. The Balaban J connectivity index is 2.19. The van der Waals surface area contributed by atoms with E-state index in [1.54, 1.807) is 0 Å². The maximum atomic E-state index is 12.3. The van der Waals surface area contributed by atoms with Crippen molar-refractivity contribution in [1.82, 2.24) is 5.32 Å². The Labute approximate surface area is 120 Å². The van der Waals surface area contributed by atoms with Crippen molar-refractivity contribution < 1.29 is 14.7 Å². The average molecular weight is 326 g/mol. The molecule has 2 rings (SSSR count). The van der Waals surface area contributed by atoms with Crippen LogP contribution in [0.15, 0.2) is 28.7 Å². The summed E-state index contributed by atoms with van der Waals surface area (Å²) in [5.74, 6) is -1.24. The fourth-order valence-corrected chi connectivity index (χ4v) is 2.26. The summed E-state index contributed by atoms with van der Waals surface area (Å²) < 4.78 is 0.957. The van der Waals surface area contributed by atoms with Crippen LogP contribution in [0.3, 0.4) is 0 Å². The van der Waals surface area contributed by atoms with Crippen LogP contribution in [0.1, 0.15) is 32.3 Å². The molecule has 1 fully saturated rings. The van der Waals surface area contributed by atoms with Gasteiger partial charge < -0.3 is 10.4 Å². The van der Waals surface area contributed by atoms with Crippen molar-refractivity contribution in [2.24, 2.45) is 0 Å². The number of carboxylic acids is 1. The van der Waals surface area contributed by atoms with Gasteiger partial charge in [-0.15, -0.1) is 0 Å². The molecule has 0 radical (unpaired) electrons. The fraction of sp³-hybridized carbons (Fsp3) is 0.429. The summed E-state index contributed by atoms with van der Waals surface area (Å²) in [5.41, 5.74) is -0.857. The first-order valence-electron chi connectivity index (χ1n) is 6.10. The zero-order chi connectivity index (χ0) is 14.3. The van der Waals surface area contributed by atoms with Gasteiger partial charge in [0.25, 0.3) is 0 Å². The van der Waals surface area contributed by atoms with Gasteiger partial charge in [-0.2, -0.15) is 0 Å². The Bertz CT molecular complexity index is 518. The smallest absolute Gasteiger partial charge is 0.328 e. The minimum absolute atomic E-state index is 0.206. The molecule has 1 aliphatic carbocycles. The second-order valence-electron chi connectivity index (χ2n) is 5.47. The second kappa shape index (κ2) is 4.63. The van der Waals surface area contributed by atoms with Gasteiger partial charge in [0.05, 0.1) is 5.41 Å². The van der Waals surface area contributed by atoms with Gasteiger partial charge in [0.1, 0.15) is 5.54 Å². The number of aliphatic carboxylic acids is 1. The largest absolute Gasteiger partial charge is 0.480 e. The van der Waals surface area contributed by atoms with E-state index in [9.17, 15) is 9.59 Å². The van der Waals surface area contributed by atoms with Crippen molar-refractivity contribution in [2.45, 2.75) is 37.6 Å². The Hall–Kier alpha value is -1.36. The number of nitrogens with one attached hydrogen (secondary N) is 1. The predicted molar refractivity (Wildman–Crippen MR) is 74.9 cm³/mol. The van der Waals surface area contributed by atoms with E-state index >= 15 is 0 Å². The average Bonchev–Trinajstić information content (AvgIpc) is 3.10. The van der Waals surface area contributed by atoms with Crippen molar-refractivity contribution in [3.8, 4) is 0 Å². The molecule has 0 aliphatic heterocycles. The Kier molecular flexibility index (Phi) is 3.43. The lowest BCUT2D eigenvalue weighted by atomic mass is 9.93. The summed E-state index contributed by atoms with van der Waals surface area (Å²) in [4.78, 5) is 23.4. The van der Waals surface area contributed by atoms with E-state index in [1.165, 1.54) is 13.8 Å². The molecule has 5 heteroatoms. The van der Waals surface area contributed by atoms with Crippen LogP contribution < -0.4 is 5.32 Å². The molecule has 0 bridgehead atoms. The van der Waals surface area contributed by atoms with Gasteiger partial charge in [0.2, 0.25) is 5.91 Å². The molecule has 1 aromatic rings. The van der Waals surface area contributed by atoms with E-state index in [-0.39, 0.29) is 5.91 Å². The highest BCUT2D eigenvalue weighted by molar-refractivity contribution is 9.10. The van der Waals surface area contributed by atoms with E-state index < -0.39 is 16.9 Å². The van der Waals surface area contributed by atoms with Crippen molar-refractivity contribution in [3.63, 3.8) is 0 Å². The Morgan fingerprint density at radius 3 is 2.21 bits per heavy atom. The van der Waals surface area contributed by atoms with Gasteiger partial charge in [0, 0.05) is 4.47 Å². The molecule has 4 nitrogen and oxygen atoms in total. The highest BCUT2D eigenvalue weighted by atomic mass is 79.9. The van der Waals surface area contributed by atoms with Crippen LogP contribution in [0.2, 0.25) is 0 Å². The number of hydrogen-bond acceptors (Lipinski definition) is 2. The quantitative estimate of drug-likeness (QED) is 0.893. The third-order valence-corrected chi connectivity index (χ3v) is 4.07. The molecule has 1 aliphatic rings. The van der Waals surface area contributed by atoms with Gasteiger partial charge in [-0.3, -0.25) is 4.79 Å². The molecule has 2 N–H and O–H groups in total. The normalized spacial score (nSPS) is 16.8. The number of amides is 1. The summed E-state index contributed by atoms with van der Waals surface area (Å²) >= 11 is 3.36. The molecular weight excluding hydrogens is 310 g/mol. The highest BCUT2D eigenvalue weighted by Gasteiger charge is 2.52. The summed E-state index contributed by atoms with van der Waals surface area (Å²) in [7, 11) is 0. The fourth-order valence-electron chi connectivity index (χ4n) is 2.00. The van der Waals surface area contributed by atoms with Gasteiger partial charge in [-0.25, -0.2) is 4.79 Å². The third kappa shape index (κ3) is 2.66. The van der Waals surface area contributed by atoms with Gasteiger partial charge in [0.15, 0.2) is 0 Å². The number of benzene rings is 1.